The Bertz CT molecular complexity index is 1520. The van der Waals surface area contributed by atoms with Gasteiger partial charge >= 0.3 is 5.97 Å². The molecule has 0 heterocycles. The number of carbonyl (C=O) groups excluding carboxylic acids is 1. The van der Waals surface area contributed by atoms with Gasteiger partial charge in [-0.25, -0.2) is 4.39 Å². The first kappa shape index (κ1) is 26.6. The SMILES string of the molecule is CCC(=O)/C(=C\Cc1cccc(CC(=O)O)c1)c1cc(-c2ccc(-c3ccccc3O)cc2)c(F)cc1C. The van der Waals surface area contributed by atoms with Crippen molar-refractivity contribution in [3.05, 3.63) is 119 Å². The highest BCUT2D eigenvalue weighted by atomic mass is 19.1. The topological polar surface area (TPSA) is 74.6 Å². The van der Waals surface area contributed by atoms with E-state index in [1.807, 2.05) is 48.5 Å². The molecule has 0 saturated heterocycles. The predicted molar refractivity (Wildman–Crippen MR) is 148 cm³/mol. The van der Waals surface area contributed by atoms with E-state index in [0.717, 1.165) is 11.1 Å². The number of benzene rings is 4. The zero-order chi connectivity index (χ0) is 27.2. The molecule has 0 aliphatic rings. The lowest BCUT2D eigenvalue weighted by atomic mass is 9.90. The summed E-state index contributed by atoms with van der Waals surface area (Å²) in [5, 5.41) is 19.2. The van der Waals surface area contributed by atoms with Crippen molar-refractivity contribution in [2.45, 2.75) is 33.1 Å². The van der Waals surface area contributed by atoms with Crippen molar-refractivity contribution in [1.82, 2.24) is 0 Å². The Labute approximate surface area is 221 Å². The maximum atomic E-state index is 15.2. The van der Waals surface area contributed by atoms with Gasteiger partial charge in [-0.3, -0.25) is 9.59 Å². The van der Waals surface area contributed by atoms with Crippen molar-refractivity contribution in [3.8, 4) is 28.0 Å². The number of hydrogen-bond acceptors (Lipinski definition) is 3. The lowest BCUT2D eigenvalue weighted by Gasteiger charge is -2.14. The van der Waals surface area contributed by atoms with E-state index in [4.69, 9.17) is 5.11 Å². The van der Waals surface area contributed by atoms with Gasteiger partial charge in [-0.05, 0) is 64.9 Å². The highest BCUT2D eigenvalue weighted by Gasteiger charge is 2.17. The van der Waals surface area contributed by atoms with Crippen LogP contribution in [-0.4, -0.2) is 22.0 Å². The van der Waals surface area contributed by atoms with Crippen LogP contribution in [0.25, 0.3) is 27.8 Å². The molecule has 0 amide bonds. The van der Waals surface area contributed by atoms with Gasteiger partial charge in [0.2, 0.25) is 0 Å². The van der Waals surface area contributed by atoms with Crippen LogP contribution >= 0.6 is 0 Å². The average molecular weight is 509 g/mol. The summed E-state index contributed by atoms with van der Waals surface area (Å²) in [6.07, 6.45) is 2.51. The normalized spacial score (nSPS) is 11.4. The molecule has 0 spiro atoms. The number of phenols is 1. The summed E-state index contributed by atoms with van der Waals surface area (Å²) >= 11 is 0. The number of para-hydroxylation sites is 1. The number of halogens is 1. The van der Waals surface area contributed by atoms with E-state index < -0.39 is 5.97 Å². The fourth-order valence-electron chi connectivity index (χ4n) is 4.56. The Balaban J connectivity index is 1.70. The van der Waals surface area contributed by atoms with E-state index in [1.165, 1.54) is 6.07 Å². The van der Waals surface area contributed by atoms with Gasteiger partial charge in [-0.1, -0.05) is 79.7 Å². The van der Waals surface area contributed by atoms with Gasteiger partial charge < -0.3 is 10.2 Å². The molecule has 4 aromatic rings. The van der Waals surface area contributed by atoms with Crippen LogP contribution in [0.4, 0.5) is 4.39 Å². The quantitative estimate of drug-likeness (QED) is 0.231. The number of carboxylic acid groups (broad SMARTS) is 1. The highest BCUT2D eigenvalue weighted by Crippen LogP contribution is 2.34. The fraction of sp³-hybridized carbons (Fsp3) is 0.152. The number of Topliss-reactive ketones (excluding diaryl/α,β-unsaturated/α-hetero) is 1. The van der Waals surface area contributed by atoms with Crippen LogP contribution in [0.3, 0.4) is 0 Å². The van der Waals surface area contributed by atoms with Crippen LogP contribution in [0.2, 0.25) is 0 Å². The van der Waals surface area contributed by atoms with Gasteiger partial charge in [0.05, 0.1) is 6.42 Å². The van der Waals surface area contributed by atoms with Gasteiger partial charge in [0.15, 0.2) is 5.78 Å². The third-order valence-electron chi connectivity index (χ3n) is 6.53. The minimum absolute atomic E-state index is 0.0535. The third-order valence-corrected chi connectivity index (χ3v) is 6.53. The molecule has 5 heteroatoms. The molecular weight excluding hydrogens is 479 g/mol. The summed E-state index contributed by atoms with van der Waals surface area (Å²) in [5.41, 5.74) is 5.97. The second-order valence-corrected chi connectivity index (χ2v) is 9.23. The largest absolute Gasteiger partial charge is 0.507 e. The number of ketones is 1. The molecule has 4 rings (SSSR count). The van der Waals surface area contributed by atoms with Crippen molar-refractivity contribution in [3.63, 3.8) is 0 Å². The molecule has 0 unspecified atom stereocenters. The van der Waals surface area contributed by atoms with Crippen molar-refractivity contribution < 1.29 is 24.2 Å². The number of allylic oxidation sites excluding steroid dienone is 2. The molecule has 2 N–H and O–H groups in total. The number of phenolic OH excluding ortho intramolecular Hbond substituents is 1. The monoisotopic (exact) mass is 508 g/mol. The smallest absolute Gasteiger partial charge is 0.307 e. The summed E-state index contributed by atoms with van der Waals surface area (Å²) in [6, 6.07) is 24.8. The van der Waals surface area contributed by atoms with Crippen LogP contribution in [0, 0.1) is 12.7 Å². The van der Waals surface area contributed by atoms with E-state index in [0.29, 0.717) is 51.8 Å². The highest BCUT2D eigenvalue weighted by molar-refractivity contribution is 6.21. The first-order chi connectivity index (χ1) is 18.3. The van der Waals surface area contributed by atoms with Crippen LogP contribution in [0.5, 0.6) is 5.75 Å². The molecule has 0 fully saturated rings. The van der Waals surface area contributed by atoms with E-state index >= 15 is 4.39 Å². The Morgan fingerprint density at radius 3 is 2.16 bits per heavy atom. The number of rotatable bonds is 9. The molecule has 192 valence electrons. The number of aliphatic carboxylic acids is 1. The minimum Gasteiger partial charge on any atom is -0.507 e. The number of aromatic hydroxyl groups is 1. The van der Waals surface area contributed by atoms with Crippen LogP contribution in [0.15, 0.2) is 91.0 Å². The first-order valence-corrected chi connectivity index (χ1v) is 12.5. The first-order valence-electron chi connectivity index (χ1n) is 12.5. The summed E-state index contributed by atoms with van der Waals surface area (Å²) in [5.74, 6) is -1.17. The second kappa shape index (κ2) is 11.7. The van der Waals surface area contributed by atoms with Crippen molar-refractivity contribution >= 4 is 17.3 Å². The molecular formula is C33H29FO4. The Morgan fingerprint density at radius 1 is 0.842 bits per heavy atom. The minimum atomic E-state index is -0.900. The summed E-state index contributed by atoms with van der Waals surface area (Å²) in [4.78, 5) is 24.1. The molecule has 38 heavy (non-hydrogen) atoms. The van der Waals surface area contributed by atoms with Crippen LogP contribution < -0.4 is 0 Å². The third kappa shape index (κ3) is 6.06. The molecule has 0 radical (unpaired) electrons. The molecule has 0 atom stereocenters. The molecule has 0 aliphatic heterocycles. The van der Waals surface area contributed by atoms with Gasteiger partial charge in [0, 0.05) is 23.1 Å². The average Bonchev–Trinajstić information content (AvgIpc) is 2.90. The second-order valence-electron chi connectivity index (χ2n) is 9.23. The molecule has 4 nitrogen and oxygen atoms in total. The van der Waals surface area contributed by atoms with Gasteiger partial charge in [-0.2, -0.15) is 0 Å². The number of aryl methyl sites for hydroxylation is 1. The summed E-state index contributed by atoms with van der Waals surface area (Å²) in [6.45, 7) is 3.58. The van der Waals surface area contributed by atoms with E-state index in [9.17, 15) is 14.7 Å². The van der Waals surface area contributed by atoms with Crippen LogP contribution in [0.1, 0.15) is 35.6 Å². The molecule has 0 bridgehead atoms. The maximum absolute atomic E-state index is 15.2. The van der Waals surface area contributed by atoms with E-state index in [2.05, 4.69) is 0 Å². The zero-order valence-corrected chi connectivity index (χ0v) is 21.4. The van der Waals surface area contributed by atoms with Crippen molar-refractivity contribution in [2.75, 3.05) is 0 Å². The molecule has 4 aromatic carbocycles. The summed E-state index contributed by atoms with van der Waals surface area (Å²) in [7, 11) is 0. The number of hydrogen-bond donors (Lipinski definition) is 2. The van der Waals surface area contributed by atoms with E-state index in [-0.39, 0.29) is 23.8 Å². The van der Waals surface area contributed by atoms with Crippen LogP contribution in [-0.2, 0) is 22.4 Å². The predicted octanol–water partition coefficient (Wildman–Crippen LogP) is 7.41. The standard InChI is InChI=1S/C33H29FO4/c1-3-31(35)27(16-11-22-7-6-8-23(18-22)19-33(37)38)28-20-29(30(34)17-21(28)2)25-14-12-24(13-15-25)26-9-4-5-10-32(26)36/h4-10,12-18,20,36H,3,11,19H2,1-2H3,(H,37,38)/b27-16-. The van der Waals surface area contributed by atoms with Crippen molar-refractivity contribution in [1.29, 1.82) is 0 Å². The van der Waals surface area contributed by atoms with Crippen molar-refractivity contribution in [2.24, 2.45) is 0 Å². The van der Waals surface area contributed by atoms with Gasteiger partial charge in [-0.15, -0.1) is 0 Å². The zero-order valence-electron chi connectivity index (χ0n) is 21.4. The lowest BCUT2D eigenvalue weighted by Crippen LogP contribution is -2.04. The maximum Gasteiger partial charge on any atom is 0.307 e. The number of carboxylic acids is 1. The van der Waals surface area contributed by atoms with Gasteiger partial charge in [0.25, 0.3) is 0 Å². The Hall–Kier alpha value is -4.51. The molecule has 0 aliphatic carbocycles. The summed E-state index contributed by atoms with van der Waals surface area (Å²) < 4.78 is 15.2. The Morgan fingerprint density at radius 2 is 1.50 bits per heavy atom. The number of carbonyl (C=O) groups is 2. The Kier molecular flexibility index (Phi) is 8.17. The lowest BCUT2D eigenvalue weighted by molar-refractivity contribution is -0.136. The van der Waals surface area contributed by atoms with Gasteiger partial charge in [0.1, 0.15) is 11.6 Å². The fourth-order valence-corrected chi connectivity index (χ4v) is 4.56. The molecule has 0 aromatic heterocycles. The molecule has 0 saturated carbocycles. The van der Waals surface area contributed by atoms with E-state index in [1.54, 1.807) is 50.2 Å².